The van der Waals surface area contributed by atoms with E-state index in [4.69, 9.17) is 0 Å². The van der Waals surface area contributed by atoms with Gasteiger partial charge in [-0.3, -0.25) is 0 Å². The van der Waals surface area contributed by atoms with E-state index in [2.05, 4.69) is 35.1 Å². The van der Waals surface area contributed by atoms with Crippen LogP contribution in [0.3, 0.4) is 0 Å². The first-order valence-electron chi connectivity index (χ1n) is 8.31. The highest BCUT2D eigenvalue weighted by Crippen LogP contribution is 2.36. The lowest BCUT2D eigenvalue weighted by molar-refractivity contribution is 0.344. The molecule has 0 radical (unpaired) electrons. The van der Waals surface area contributed by atoms with Crippen molar-refractivity contribution in [3.63, 3.8) is 0 Å². The van der Waals surface area contributed by atoms with Gasteiger partial charge in [0.2, 0.25) is 0 Å². The van der Waals surface area contributed by atoms with Crippen LogP contribution in [0.15, 0.2) is 22.7 Å². The highest BCUT2D eigenvalue weighted by Gasteiger charge is 2.29. The topological polar surface area (TPSA) is 12.0 Å². The predicted molar refractivity (Wildman–Crippen MR) is 91.0 cm³/mol. The summed E-state index contributed by atoms with van der Waals surface area (Å²) < 4.78 is 14.0. The van der Waals surface area contributed by atoms with Gasteiger partial charge in [-0.1, -0.05) is 32.8 Å². The molecule has 1 nitrogen and oxygen atoms in total. The van der Waals surface area contributed by atoms with Crippen molar-refractivity contribution < 1.29 is 4.39 Å². The molecule has 1 aromatic carbocycles. The molecule has 0 bridgehead atoms. The van der Waals surface area contributed by atoms with Crippen molar-refractivity contribution in [1.29, 1.82) is 0 Å². The Morgan fingerprint density at radius 2 is 2.14 bits per heavy atom. The van der Waals surface area contributed by atoms with E-state index in [1.165, 1.54) is 31.2 Å². The Hall–Kier alpha value is -0.410. The minimum atomic E-state index is -0.177. The lowest BCUT2D eigenvalue weighted by atomic mass is 9.90. The summed E-state index contributed by atoms with van der Waals surface area (Å²) in [5.74, 6) is 1.50. The van der Waals surface area contributed by atoms with Crippen LogP contribution in [-0.4, -0.2) is 12.6 Å². The van der Waals surface area contributed by atoms with Crippen molar-refractivity contribution in [2.24, 2.45) is 11.8 Å². The molecule has 0 saturated heterocycles. The normalized spacial score (nSPS) is 23.4. The van der Waals surface area contributed by atoms with Gasteiger partial charge in [0.25, 0.3) is 0 Å². The van der Waals surface area contributed by atoms with E-state index in [0.717, 1.165) is 31.2 Å². The summed E-state index contributed by atoms with van der Waals surface area (Å²) in [5, 5.41) is 3.73. The van der Waals surface area contributed by atoms with Crippen LogP contribution in [0.1, 0.15) is 51.5 Å². The van der Waals surface area contributed by atoms with Gasteiger partial charge in [0.1, 0.15) is 5.82 Å². The number of hydrogen-bond donors (Lipinski definition) is 1. The molecule has 3 unspecified atom stereocenters. The minimum Gasteiger partial charge on any atom is -0.313 e. The first kappa shape index (κ1) is 17.0. The van der Waals surface area contributed by atoms with E-state index in [1.54, 1.807) is 6.07 Å². The lowest BCUT2D eigenvalue weighted by Gasteiger charge is -2.25. The number of hydrogen-bond acceptors (Lipinski definition) is 1. The third kappa shape index (κ3) is 4.79. The number of halogens is 2. The summed E-state index contributed by atoms with van der Waals surface area (Å²) >= 11 is 3.30. The summed E-state index contributed by atoms with van der Waals surface area (Å²) in [7, 11) is 0. The van der Waals surface area contributed by atoms with Gasteiger partial charge < -0.3 is 5.32 Å². The van der Waals surface area contributed by atoms with E-state index in [1.807, 2.05) is 12.1 Å². The molecule has 0 heterocycles. The van der Waals surface area contributed by atoms with Crippen LogP contribution in [0.5, 0.6) is 0 Å². The van der Waals surface area contributed by atoms with E-state index in [9.17, 15) is 4.39 Å². The van der Waals surface area contributed by atoms with Crippen LogP contribution in [0.4, 0.5) is 4.39 Å². The van der Waals surface area contributed by atoms with E-state index in [0.29, 0.717) is 10.5 Å². The van der Waals surface area contributed by atoms with Gasteiger partial charge in [-0.15, -0.1) is 0 Å². The fourth-order valence-electron chi connectivity index (χ4n) is 3.51. The van der Waals surface area contributed by atoms with Crippen molar-refractivity contribution in [3.05, 3.63) is 34.1 Å². The molecular formula is C18H27BrFN. The van der Waals surface area contributed by atoms with Gasteiger partial charge >= 0.3 is 0 Å². The molecule has 1 aromatic rings. The summed E-state index contributed by atoms with van der Waals surface area (Å²) in [5.41, 5.74) is 1.22. The molecule has 1 aliphatic carbocycles. The second-order valence-electron chi connectivity index (χ2n) is 6.36. The van der Waals surface area contributed by atoms with Gasteiger partial charge in [0, 0.05) is 6.04 Å². The van der Waals surface area contributed by atoms with E-state index < -0.39 is 0 Å². The second kappa shape index (κ2) is 8.28. The monoisotopic (exact) mass is 355 g/mol. The maximum absolute atomic E-state index is 13.4. The van der Waals surface area contributed by atoms with Crippen LogP contribution in [0, 0.1) is 17.7 Å². The van der Waals surface area contributed by atoms with Crippen LogP contribution >= 0.6 is 15.9 Å². The molecule has 1 N–H and O–H groups in total. The van der Waals surface area contributed by atoms with Gasteiger partial charge in [0.15, 0.2) is 0 Å². The average molecular weight is 356 g/mol. The standard InChI is InChI=1S/C18H27BrFN/c1-3-9-21-18(15-7-5-13(4-2)10-15)12-14-6-8-17(20)16(19)11-14/h6,8,11,13,15,18,21H,3-5,7,9-10,12H2,1-2H3. The Labute approximate surface area is 136 Å². The number of nitrogens with one attached hydrogen (secondary N) is 1. The van der Waals surface area contributed by atoms with E-state index in [-0.39, 0.29) is 5.82 Å². The van der Waals surface area contributed by atoms with Crippen LogP contribution < -0.4 is 5.32 Å². The fraction of sp³-hybridized carbons (Fsp3) is 0.667. The van der Waals surface area contributed by atoms with Crippen LogP contribution in [0.25, 0.3) is 0 Å². The maximum Gasteiger partial charge on any atom is 0.137 e. The van der Waals surface area contributed by atoms with Gasteiger partial charge in [0.05, 0.1) is 4.47 Å². The first-order valence-corrected chi connectivity index (χ1v) is 9.10. The summed E-state index contributed by atoms with van der Waals surface area (Å²) in [6.45, 7) is 5.58. The average Bonchev–Trinajstić information content (AvgIpc) is 2.96. The Morgan fingerprint density at radius 3 is 2.76 bits per heavy atom. The molecule has 21 heavy (non-hydrogen) atoms. The Kier molecular flexibility index (Phi) is 6.69. The van der Waals surface area contributed by atoms with Gasteiger partial charge in [-0.2, -0.15) is 0 Å². The number of rotatable bonds is 7. The summed E-state index contributed by atoms with van der Waals surface area (Å²) in [6.07, 6.45) is 7.52. The SMILES string of the molecule is CCCNC(Cc1ccc(F)c(Br)c1)C1CCC(CC)C1. The molecule has 1 fully saturated rings. The zero-order valence-electron chi connectivity index (χ0n) is 13.2. The molecule has 2 rings (SSSR count). The number of benzene rings is 1. The molecule has 0 amide bonds. The predicted octanol–water partition coefficient (Wildman–Crippen LogP) is 5.33. The fourth-order valence-corrected chi connectivity index (χ4v) is 3.93. The molecule has 1 saturated carbocycles. The highest BCUT2D eigenvalue weighted by atomic mass is 79.9. The minimum absolute atomic E-state index is 0.177. The maximum atomic E-state index is 13.4. The molecule has 0 spiro atoms. The third-order valence-electron chi connectivity index (χ3n) is 4.82. The van der Waals surface area contributed by atoms with Gasteiger partial charge in [-0.25, -0.2) is 4.39 Å². The summed E-state index contributed by atoms with van der Waals surface area (Å²) in [6, 6.07) is 5.95. The van der Waals surface area contributed by atoms with Crippen molar-refractivity contribution >= 4 is 15.9 Å². The van der Waals surface area contributed by atoms with E-state index >= 15 is 0 Å². The Bertz CT molecular complexity index is 449. The Morgan fingerprint density at radius 1 is 1.33 bits per heavy atom. The smallest absolute Gasteiger partial charge is 0.137 e. The molecule has 0 aromatic heterocycles. The molecule has 3 heteroatoms. The van der Waals surface area contributed by atoms with Crippen molar-refractivity contribution in [2.45, 2.75) is 58.4 Å². The molecule has 3 atom stereocenters. The van der Waals surface area contributed by atoms with Gasteiger partial charge in [-0.05, 0) is 77.7 Å². The quantitative estimate of drug-likeness (QED) is 0.697. The van der Waals surface area contributed by atoms with Crippen LogP contribution in [-0.2, 0) is 6.42 Å². The molecular weight excluding hydrogens is 329 g/mol. The highest BCUT2D eigenvalue weighted by molar-refractivity contribution is 9.10. The Balaban J connectivity index is 2.03. The van der Waals surface area contributed by atoms with Crippen molar-refractivity contribution in [1.82, 2.24) is 5.32 Å². The summed E-state index contributed by atoms with van der Waals surface area (Å²) in [4.78, 5) is 0. The zero-order valence-corrected chi connectivity index (χ0v) is 14.8. The molecule has 1 aliphatic rings. The first-order chi connectivity index (χ1) is 10.1. The lowest BCUT2D eigenvalue weighted by Crippen LogP contribution is -2.37. The largest absolute Gasteiger partial charge is 0.313 e. The zero-order chi connectivity index (χ0) is 15.2. The van der Waals surface area contributed by atoms with Crippen molar-refractivity contribution in [2.75, 3.05) is 6.54 Å². The molecule has 0 aliphatic heterocycles. The third-order valence-corrected chi connectivity index (χ3v) is 5.43. The van der Waals surface area contributed by atoms with Crippen LogP contribution in [0.2, 0.25) is 0 Å². The van der Waals surface area contributed by atoms with Crippen molar-refractivity contribution in [3.8, 4) is 0 Å². The molecule has 118 valence electrons. The second-order valence-corrected chi connectivity index (χ2v) is 7.21.